The Morgan fingerprint density at radius 2 is 1.09 bits per heavy atom. The van der Waals surface area contributed by atoms with E-state index in [0.717, 1.165) is 30.7 Å². The lowest BCUT2D eigenvalue weighted by Crippen LogP contribution is -2.33. The number of rotatable bonds is 10. The predicted molar refractivity (Wildman–Crippen MR) is 197 cm³/mol. The average Bonchev–Trinajstić information content (AvgIpc) is 3.81. The molecule has 54 heavy (non-hydrogen) atoms. The number of hydrogen-bond donors (Lipinski definition) is 3. The fourth-order valence-corrected chi connectivity index (χ4v) is 9.03. The van der Waals surface area contributed by atoms with Crippen LogP contribution < -0.4 is 9.44 Å². The van der Waals surface area contributed by atoms with E-state index in [9.17, 15) is 39.2 Å². The number of aliphatic hydroxyl groups excluding tert-OH is 1. The van der Waals surface area contributed by atoms with Gasteiger partial charge in [-0.25, -0.2) is 43.8 Å². The van der Waals surface area contributed by atoms with Crippen molar-refractivity contribution >= 4 is 26.0 Å². The summed E-state index contributed by atoms with van der Waals surface area (Å²) in [6.45, 7) is 4.07. The molecule has 292 valence electrons. The van der Waals surface area contributed by atoms with Crippen molar-refractivity contribution < 1.29 is 49.0 Å². The molecule has 6 rings (SSSR count). The van der Waals surface area contributed by atoms with Crippen LogP contribution in [0.15, 0.2) is 94.7 Å². The highest BCUT2D eigenvalue weighted by molar-refractivity contribution is 7.89. The van der Waals surface area contributed by atoms with E-state index in [2.05, 4.69) is 9.44 Å². The summed E-state index contributed by atoms with van der Waals surface area (Å²) in [5.41, 5.74) is 1.31. The summed E-state index contributed by atoms with van der Waals surface area (Å²) < 4.78 is 114. The summed E-state index contributed by atoms with van der Waals surface area (Å²) >= 11 is 0. The Morgan fingerprint density at radius 3 is 1.48 bits per heavy atom. The number of hydrogen-bond acceptors (Lipinski definition) is 7. The zero-order valence-electron chi connectivity index (χ0n) is 30.1. The van der Waals surface area contributed by atoms with Crippen LogP contribution in [0, 0.1) is 35.1 Å². The van der Waals surface area contributed by atoms with Crippen molar-refractivity contribution in [2.45, 2.75) is 74.2 Å². The zero-order chi connectivity index (χ0) is 39.6. The topological polar surface area (TPSA) is 139 Å². The van der Waals surface area contributed by atoms with Crippen molar-refractivity contribution in [1.82, 2.24) is 9.44 Å². The highest BCUT2D eigenvalue weighted by Crippen LogP contribution is 2.30. The first kappa shape index (κ1) is 42.6. The maximum atomic E-state index is 13.9. The molecule has 4 atom stereocenters. The standard InChI is InChI=1S/C19H19F2NO4S.C18H19F2NO3S.C2H6/c1-26-19(23)13-2-6-15(10-13)22-27(24,25)16-7-3-12(4-8-16)17-9-5-14(20)11-18(17)21;19-14-4-8-17(18(20)10-14)13-2-6-16(7-3-13)25(23,24)21-15-5-1-12(9-15)11-22;1-2/h3-5,7-9,11,13,15,22H,2,6,10H2,1H3;2-4,6-8,10,12,15,21-22H,1,5,9,11H2;1-2H3. The Labute approximate surface area is 313 Å². The van der Waals surface area contributed by atoms with Gasteiger partial charge in [0.2, 0.25) is 20.0 Å². The molecule has 2 saturated carbocycles. The molecule has 0 bridgehead atoms. The SMILES string of the molecule is CC.COC(=O)C1CCC(NS(=O)(=O)c2ccc(-c3ccc(F)cc3F)cc2)C1.O=S(=O)(NC1CCC(CO)C1)c1ccc(-c2ccc(F)cc2F)cc1. The molecule has 0 radical (unpaired) electrons. The lowest BCUT2D eigenvalue weighted by atomic mass is 10.1. The van der Waals surface area contributed by atoms with E-state index in [1.54, 1.807) is 0 Å². The number of sulfonamides is 2. The molecule has 4 unspecified atom stereocenters. The third kappa shape index (κ3) is 11.0. The van der Waals surface area contributed by atoms with Crippen LogP contribution in [0.1, 0.15) is 52.4 Å². The second kappa shape index (κ2) is 18.9. The molecule has 0 heterocycles. The van der Waals surface area contributed by atoms with Gasteiger partial charge in [-0.15, -0.1) is 0 Å². The van der Waals surface area contributed by atoms with Crippen LogP contribution in [-0.2, 0) is 29.6 Å². The Kier molecular flexibility index (Phi) is 14.9. The van der Waals surface area contributed by atoms with Gasteiger partial charge >= 0.3 is 5.97 Å². The summed E-state index contributed by atoms with van der Waals surface area (Å²) in [5.74, 6) is -3.26. The number of ether oxygens (including phenoxy) is 1. The van der Waals surface area contributed by atoms with Gasteiger partial charge in [0.25, 0.3) is 0 Å². The maximum Gasteiger partial charge on any atom is 0.308 e. The summed E-state index contributed by atoms with van der Waals surface area (Å²) in [4.78, 5) is 11.7. The van der Waals surface area contributed by atoms with Gasteiger partial charge in [0, 0.05) is 42.0 Å². The third-order valence-electron chi connectivity index (χ3n) is 9.22. The van der Waals surface area contributed by atoms with Gasteiger partial charge in [-0.2, -0.15) is 0 Å². The molecule has 2 aliphatic carbocycles. The monoisotopic (exact) mass is 792 g/mol. The molecular formula is C39H44F4N2O7S2. The summed E-state index contributed by atoms with van der Waals surface area (Å²) in [5, 5.41) is 9.15. The fraction of sp³-hybridized carbons (Fsp3) is 0.359. The van der Waals surface area contributed by atoms with Gasteiger partial charge in [0.15, 0.2) is 0 Å². The van der Waals surface area contributed by atoms with Crippen molar-refractivity contribution in [2.24, 2.45) is 11.8 Å². The number of methoxy groups -OCH3 is 1. The molecule has 9 nitrogen and oxygen atoms in total. The highest BCUT2D eigenvalue weighted by atomic mass is 32.2. The van der Waals surface area contributed by atoms with Crippen molar-refractivity contribution in [3.8, 4) is 22.3 Å². The van der Waals surface area contributed by atoms with Gasteiger partial charge in [-0.1, -0.05) is 38.1 Å². The van der Waals surface area contributed by atoms with Crippen LogP contribution in [-0.4, -0.2) is 53.7 Å². The molecule has 0 aromatic heterocycles. The minimum Gasteiger partial charge on any atom is -0.469 e. The first-order chi connectivity index (χ1) is 25.7. The Balaban J connectivity index is 0.000000231. The molecule has 2 aliphatic rings. The van der Waals surface area contributed by atoms with E-state index in [1.165, 1.54) is 67.8 Å². The minimum absolute atomic E-state index is 0.0373. The van der Waals surface area contributed by atoms with Crippen LogP contribution in [0.2, 0.25) is 0 Å². The first-order valence-electron chi connectivity index (χ1n) is 17.5. The van der Waals surface area contributed by atoms with Crippen LogP contribution in [0.4, 0.5) is 17.6 Å². The quantitative estimate of drug-likeness (QED) is 0.113. The summed E-state index contributed by atoms with van der Waals surface area (Å²) in [6.07, 6.45) is 3.63. The summed E-state index contributed by atoms with van der Waals surface area (Å²) in [6, 6.07) is 17.4. The van der Waals surface area contributed by atoms with Gasteiger partial charge in [-0.05, 0) is 104 Å². The Bertz CT molecular complexity index is 2100. The highest BCUT2D eigenvalue weighted by Gasteiger charge is 2.33. The van der Waals surface area contributed by atoms with Crippen LogP contribution in [0.5, 0.6) is 0 Å². The predicted octanol–water partition coefficient (Wildman–Crippen LogP) is 7.35. The smallest absolute Gasteiger partial charge is 0.308 e. The van der Waals surface area contributed by atoms with E-state index in [1.807, 2.05) is 13.8 Å². The molecular weight excluding hydrogens is 749 g/mol. The Morgan fingerprint density at radius 1 is 0.667 bits per heavy atom. The number of carbonyl (C=O) groups is 1. The normalized spacial score (nSPS) is 19.6. The van der Waals surface area contributed by atoms with Crippen LogP contribution in [0.25, 0.3) is 22.3 Å². The number of carbonyl (C=O) groups excluding carboxylic acids is 1. The molecule has 0 amide bonds. The number of esters is 1. The Hall–Kier alpha value is -4.15. The van der Waals surface area contributed by atoms with Gasteiger partial charge < -0.3 is 9.84 Å². The average molecular weight is 793 g/mol. The molecule has 4 aromatic rings. The van der Waals surface area contributed by atoms with Crippen molar-refractivity contribution in [3.05, 3.63) is 108 Å². The number of benzene rings is 4. The van der Waals surface area contributed by atoms with E-state index in [0.29, 0.717) is 43.2 Å². The number of aliphatic hydroxyl groups is 1. The lowest BCUT2D eigenvalue weighted by molar-refractivity contribution is -0.145. The van der Waals surface area contributed by atoms with Crippen LogP contribution in [0.3, 0.4) is 0 Å². The second-order valence-corrected chi connectivity index (χ2v) is 16.3. The van der Waals surface area contributed by atoms with E-state index in [4.69, 9.17) is 9.84 Å². The van der Waals surface area contributed by atoms with Crippen LogP contribution >= 0.6 is 0 Å². The molecule has 3 N–H and O–H groups in total. The van der Waals surface area contributed by atoms with Gasteiger partial charge in [0.05, 0.1) is 22.8 Å². The minimum atomic E-state index is -3.77. The molecule has 0 aliphatic heterocycles. The molecule has 2 fully saturated rings. The molecule has 15 heteroatoms. The van der Waals surface area contributed by atoms with E-state index >= 15 is 0 Å². The van der Waals surface area contributed by atoms with E-state index < -0.39 is 43.3 Å². The van der Waals surface area contributed by atoms with E-state index in [-0.39, 0.29) is 57.4 Å². The lowest BCUT2D eigenvalue weighted by Gasteiger charge is -2.14. The second-order valence-electron chi connectivity index (χ2n) is 12.8. The zero-order valence-corrected chi connectivity index (χ0v) is 31.7. The number of nitrogens with one attached hydrogen (secondary N) is 2. The van der Waals surface area contributed by atoms with Gasteiger partial charge in [-0.3, -0.25) is 4.79 Å². The fourth-order valence-electron chi connectivity index (χ4n) is 6.47. The maximum absolute atomic E-state index is 13.9. The van der Waals surface area contributed by atoms with Crippen molar-refractivity contribution in [1.29, 1.82) is 0 Å². The van der Waals surface area contributed by atoms with Crippen molar-refractivity contribution in [3.63, 3.8) is 0 Å². The molecule has 4 aromatic carbocycles. The first-order valence-corrected chi connectivity index (χ1v) is 20.5. The van der Waals surface area contributed by atoms with Crippen molar-refractivity contribution in [2.75, 3.05) is 13.7 Å². The molecule has 0 saturated heterocycles. The number of halogens is 4. The summed E-state index contributed by atoms with van der Waals surface area (Å²) in [7, 11) is -6.14. The third-order valence-corrected chi connectivity index (χ3v) is 12.3. The van der Waals surface area contributed by atoms with Gasteiger partial charge in [0.1, 0.15) is 23.3 Å². The molecule has 0 spiro atoms. The largest absolute Gasteiger partial charge is 0.469 e.